The normalized spacial score (nSPS) is 25.2. The first-order chi connectivity index (χ1) is 15.3. The van der Waals surface area contributed by atoms with E-state index in [1.54, 1.807) is 17.0 Å². The van der Waals surface area contributed by atoms with Crippen molar-refractivity contribution in [2.45, 2.75) is 50.7 Å². The quantitative estimate of drug-likeness (QED) is 0.716. The molecule has 5 nitrogen and oxygen atoms in total. The number of fused-ring (bicyclic) bond motifs is 3. The van der Waals surface area contributed by atoms with Gasteiger partial charge in [-0.3, -0.25) is 15.1 Å². The summed E-state index contributed by atoms with van der Waals surface area (Å²) in [5.74, 6) is 0.00785. The SMILES string of the molecule is O=C1C2CCCCC2N2C(c3ccc(C(F)(F)F)cc3)=NNC2N1Cc1ccc(F)cc1. The molecule has 2 heterocycles. The maximum atomic E-state index is 13.4. The van der Waals surface area contributed by atoms with E-state index in [4.69, 9.17) is 0 Å². The van der Waals surface area contributed by atoms with E-state index in [-0.39, 0.29) is 30.2 Å². The summed E-state index contributed by atoms with van der Waals surface area (Å²) in [5, 5.41) is 4.43. The van der Waals surface area contributed by atoms with Gasteiger partial charge in [-0.15, -0.1) is 0 Å². The van der Waals surface area contributed by atoms with E-state index in [1.807, 2.05) is 4.90 Å². The highest BCUT2D eigenvalue weighted by atomic mass is 19.4. The Labute approximate surface area is 182 Å². The molecule has 0 bridgehead atoms. The predicted molar refractivity (Wildman–Crippen MR) is 109 cm³/mol. The van der Waals surface area contributed by atoms with Gasteiger partial charge in [-0.05, 0) is 42.7 Å². The molecule has 0 aromatic heterocycles. The highest BCUT2D eigenvalue weighted by Gasteiger charge is 2.51. The van der Waals surface area contributed by atoms with Gasteiger partial charge in [0.05, 0.1) is 11.5 Å². The van der Waals surface area contributed by atoms with E-state index in [0.29, 0.717) is 11.4 Å². The van der Waals surface area contributed by atoms with Crippen LogP contribution in [0.4, 0.5) is 17.6 Å². The zero-order valence-corrected chi connectivity index (χ0v) is 17.1. The first-order valence-corrected chi connectivity index (χ1v) is 10.7. The van der Waals surface area contributed by atoms with E-state index in [9.17, 15) is 22.4 Å². The average Bonchev–Trinajstić information content (AvgIpc) is 3.23. The van der Waals surface area contributed by atoms with Crippen molar-refractivity contribution >= 4 is 11.7 Å². The Bertz CT molecular complexity index is 1040. The second-order valence-electron chi connectivity index (χ2n) is 8.47. The maximum Gasteiger partial charge on any atom is 0.416 e. The number of nitrogens with one attached hydrogen (secondary N) is 1. The third-order valence-corrected chi connectivity index (χ3v) is 6.51. The van der Waals surface area contributed by atoms with Crippen LogP contribution >= 0.6 is 0 Å². The molecular weight excluding hydrogens is 424 g/mol. The summed E-state index contributed by atoms with van der Waals surface area (Å²) in [4.78, 5) is 17.1. The minimum atomic E-state index is -4.41. The van der Waals surface area contributed by atoms with E-state index in [2.05, 4.69) is 10.5 Å². The third kappa shape index (κ3) is 3.59. The zero-order valence-electron chi connectivity index (χ0n) is 17.1. The van der Waals surface area contributed by atoms with Gasteiger partial charge >= 0.3 is 6.18 Å². The second-order valence-corrected chi connectivity index (χ2v) is 8.47. The molecule has 3 atom stereocenters. The minimum Gasteiger partial charge on any atom is -0.312 e. The van der Waals surface area contributed by atoms with Crippen LogP contribution in [0, 0.1) is 11.7 Å². The predicted octanol–water partition coefficient (Wildman–Crippen LogP) is 4.30. The van der Waals surface area contributed by atoms with Crippen molar-refractivity contribution in [2.24, 2.45) is 11.0 Å². The van der Waals surface area contributed by atoms with Gasteiger partial charge in [-0.1, -0.05) is 37.1 Å². The first-order valence-electron chi connectivity index (χ1n) is 10.7. The van der Waals surface area contributed by atoms with Crippen molar-refractivity contribution in [3.63, 3.8) is 0 Å². The number of rotatable bonds is 3. The molecule has 2 aromatic carbocycles. The molecule has 9 heteroatoms. The van der Waals surface area contributed by atoms with E-state index in [1.165, 1.54) is 24.3 Å². The molecule has 5 rings (SSSR count). The Hall–Kier alpha value is -3.10. The van der Waals surface area contributed by atoms with E-state index in [0.717, 1.165) is 43.4 Å². The van der Waals surface area contributed by atoms with Crippen molar-refractivity contribution in [3.05, 3.63) is 71.0 Å². The summed E-state index contributed by atoms with van der Waals surface area (Å²) in [7, 11) is 0. The second kappa shape index (κ2) is 7.79. The summed E-state index contributed by atoms with van der Waals surface area (Å²) >= 11 is 0. The van der Waals surface area contributed by atoms with Crippen molar-refractivity contribution in [3.8, 4) is 0 Å². The number of carbonyl (C=O) groups is 1. The van der Waals surface area contributed by atoms with Gasteiger partial charge in [0.1, 0.15) is 5.82 Å². The molecule has 1 saturated carbocycles. The van der Waals surface area contributed by atoms with E-state index >= 15 is 0 Å². The van der Waals surface area contributed by atoms with Gasteiger partial charge in [0.25, 0.3) is 0 Å². The summed E-state index contributed by atoms with van der Waals surface area (Å²) in [5.41, 5.74) is 3.66. The zero-order chi connectivity index (χ0) is 22.5. The van der Waals surface area contributed by atoms with Crippen LogP contribution in [-0.2, 0) is 17.5 Å². The van der Waals surface area contributed by atoms with Gasteiger partial charge in [-0.25, -0.2) is 4.39 Å². The van der Waals surface area contributed by atoms with E-state index < -0.39 is 18.0 Å². The van der Waals surface area contributed by atoms with Gasteiger partial charge in [0.2, 0.25) is 5.91 Å². The van der Waals surface area contributed by atoms with Crippen molar-refractivity contribution in [2.75, 3.05) is 0 Å². The number of hydrogen-bond acceptors (Lipinski definition) is 4. The number of benzene rings is 2. The molecule has 1 amide bonds. The lowest BCUT2D eigenvalue weighted by Crippen LogP contribution is -2.67. The molecule has 3 aliphatic rings. The van der Waals surface area contributed by atoms with Gasteiger partial charge in [-0.2, -0.15) is 18.3 Å². The fraction of sp³-hybridized carbons (Fsp3) is 0.391. The molecule has 168 valence electrons. The Morgan fingerprint density at radius 3 is 2.38 bits per heavy atom. The Balaban J connectivity index is 1.47. The fourth-order valence-corrected chi connectivity index (χ4v) is 4.95. The molecule has 2 fully saturated rings. The van der Waals surface area contributed by atoms with Crippen molar-refractivity contribution < 1.29 is 22.4 Å². The molecule has 1 N–H and O–H groups in total. The Kier molecular flexibility index (Phi) is 5.06. The molecule has 2 aliphatic heterocycles. The molecule has 0 radical (unpaired) electrons. The third-order valence-electron chi connectivity index (χ3n) is 6.51. The molecule has 3 unspecified atom stereocenters. The Morgan fingerprint density at radius 1 is 1.00 bits per heavy atom. The highest BCUT2D eigenvalue weighted by molar-refractivity contribution is 6.01. The van der Waals surface area contributed by atoms with Crippen molar-refractivity contribution in [1.29, 1.82) is 0 Å². The summed E-state index contributed by atoms with van der Waals surface area (Å²) in [6, 6.07) is 10.9. The number of hydrogen-bond donors (Lipinski definition) is 1. The lowest BCUT2D eigenvalue weighted by atomic mass is 9.80. The van der Waals surface area contributed by atoms with Crippen LogP contribution in [0.3, 0.4) is 0 Å². The van der Waals surface area contributed by atoms with Crippen LogP contribution < -0.4 is 5.43 Å². The van der Waals surface area contributed by atoms with Crippen LogP contribution in [0.15, 0.2) is 53.6 Å². The number of carbonyl (C=O) groups excluding carboxylic acids is 1. The van der Waals surface area contributed by atoms with Crippen LogP contribution in [0.2, 0.25) is 0 Å². The van der Waals surface area contributed by atoms with Crippen LogP contribution in [0.1, 0.15) is 42.4 Å². The van der Waals surface area contributed by atoms with Gasteiger partial charge in [0, 0.05) is 18.2 Å². The molecule has 1 aliphatic carbocycles. The topological polar surface area (TPSA) is 47.9 Å². The van der Waals surface area contributed by atoms with Crippen LogP contribution in [0.25, 0.3) is 0 Å². The van der Waals surface area contributed by atoms with Gasteiger partial charge in [0.15, 0.2) is 12.1 Å². The monoisotopic (exact) mass is 446 g/mol. The fourth-order valence-electron chi connectivity index (χ4n) is 4.95. The van der Waals surface area contributed by atoms with Crippen LogP contribution in [-0.4, -0.2) is 33.9 Å². The molecule has 1 saturated heterocycles. The number of alkyl halides is 3. The van der Waals surface area contributed by atoms with Gasteiger partial charge < -0.3 is 4.90 Å². The summed E-state index contributed by atoms with van der Waals surface area (Å²) in [6.45, 7) is 0.284. The Morgan fingerprint density at radius 2 is 1.69 bits per heavy atom. The standard InChI is InChI=1S/C23H22F4N4O/c24-17-11-5-14(6-12-17)13-30-21(32)18-3-1-2-4-19(18)31-20(28-29-22(30)31)15-7-9-16(10-8-15)23(25,26)27/h5-12,18-19,22,29H,1-4,13H2. The van der Waals surface area contributed by atoms with Crippen LogP contribution in [0.5, 0.6) is 0 Å². The maximum absolute atomic E-state index is 13.4. The number of amidine groups is 1. The smallest absolute Gasteiger partial charge is 0.312 e. The molecule has 0 spiro atoms. The molecular formula is C23H22F4N4O. The summed E-state index contributed by atoms with van der Waals surface area (Å²) in [6.07, 6.45) is -1.43. The lowest BCUT2D eigenvalue weighted by Gasteiger charge is -2.50. The average molecular weight is 446 g/mol. The summed E-state index contributed by atoms with van der Waals surface area (Å²) < 4.78 is 52.3. The van der Waals surface area contributed by atoms with Crippen molar-refractivity contribution in [1.82, 2.24) is 15.2 Å². The number of hydrazone groups is 1. The number of amides is 1. The molecule has 2 aromatic rings. The number of nitrogens with zero attached hydrogens (tertiary/aromatic N) is 3. The number of halogens is 4. The minimum absolute atomic E-state index is 0.0247. The molecule has 32 heavy (non-hydrogen) atoms. The lowest BCUT2D eigenvalue weighted by molar-refractivity contribution is -0.156. The highest BCUT2D eigenvalue weighted by Crippen LogP contribution is 2.39. The largest absolute Gasteiger partial charge is 0.416 e. The first kappa shape index (κ1) is 20.8.